The van der Waals surface area contributed by atoms with Crippen LogP contribution in [0.15, 0.2) is 47.4 Å². The Morgan fingerprint density at radius 2 is 2.00 bits per heavy atom. The van der Waals surface area contributed by atoms with Crippen LogP contribution >= 0.6 is 23.4 Å². The Kier molecular flexibility index (Phi) is 4.51. The van der Waals surface area contributed by atoms with Crippen LogP contribution in [-0.2, 0) is 5.75 Å². The topological polar surface area (TPSA) is 49.9 Å². The molecule has 0 heterocycles. The molecule has 0 unspecified atom stereocenters. The van der Waals surface area contributed by atoms with Crippen LogP contribution in [0.2, 0.25) is 5.02 Å². The minimum Gasteiger partial charge on any atom is -0.384 e. The van der Waals surface area contributed by atoms with E-state index in [2.05, 4.69) is 31.2 Å². The average molecular weight is 291 g/mol. The summed E-state index contributed by atoms with van der Waals surface area (Å²) in [7, 11) is 0. The number of halogens is 1. The monoisotopic (exact) mass is 290 g/mol. The molecule has 0 amide bonds. The van der Waals surface area contributed by atoms with Gasteiger partial charge in [-0.25, -0.2) is 0 Å². The molecule has 0 aliphatic carbocycles. The second kappa shape index (κ2) is 6.13. The molecule has 0 radical (unpaired) electrons. The van der Waals surface area contributed by atoms with Crippen LogP contribution in [0.4, 0.5) is 0 Å². The molecule has 0 aliphatic heterocycles. The van der Waals surface area contributed by atoms with E-state index >= 15 is 0 Å². The Balaban J connectivity index is 2.20. The lowest BCUT2D eigenvalue weighted by atomic mass is 10.2. The molecule has 19 heavy (non-hydrogen) atoms. The Morgan fingerprint density at radius 3 is 2.68 bits per heavy atom. The summed E-state index contributed by atoms with van der Waals surface area (Å²) in [6.07, 6.45) is 0. The highest BCUT2D eigenvalue weighted by molar-refractivity contribution is 7.98. The van der Waals surface area contributed by atoms with Crippen molar-refractivity contribution in [2.75, 3.05) is 0 Å². The lowest BCUT2D eigenvalue weighted by Crippen LogP contribution is -2.13. The fourth-order valence-electron chi connectivity index (χ4n) is 1.85. The number of rotatable bonds is 4. The second-order valence-corrected chi connectivity index (χ2v) is 5.73. The summed E-state index contributed by atoms with van der Waals surface area (Å²) in [5.74, 6) is 0.847. The molecule has 2 nitrogen and oxygen atoms in total. The summed E-state index contributed by atoms with van der Waals surface area (Å²) in [5.41, 5.74) is 8.72. The maximum atomic E-state index is 7.61. The average Bonchev–Trinajstić information content (AvgIpc) is 2.36. The number of nitrogen functional groups attached to an aromatic ring is 1. The highest BCUT2D eigenvalue weighted by Gasteiger charge is 2.10. The summed E-state index contributed by atoms with van der Waals surface area (Å²) < 4.78 is 0. The molecule has 0 spiro atoms. The summed E-state index contributed by atoms with van der Waals surface area (Å²) in [6.45, 7) is 2.08. The van der Waals surface area contributed by atoms with E-state index in [9.17, 15) is 0 Å². The first-order chi connectivity index (χ1) is 9.08. The van der Waals surface area contributed by atoms with Crippen molar-refractivity contribution in [1.82, 2.24) is 0 Å². The number of nitrogens with one attached hydrogen (secondary N) is 1. The Morgan fingerprint density at radius 1 is 1.26 bits per heavy atom. The molecule has 0 atom stereocenters. The molecular weight excluding hydrogens is 276 g/mol. The van der Waals surface area contributed by atoms with E-state index in [1.807, 2.05) is 12.1 Å². The predicted molar refractivity (Wildman–Crippen MR) is 83.2 cm³/mol. The zero-order chi connectivity index (χ0) is 13.8. The molecule has 0 aromatic heterocycles. The van der Waals surface area contributed by atoms with Crippen LogP contribution < -0.4 is 5.73 Å². The van der Waals surface area contributed by atoms with Crippen LogP contribution in [0, 0.1) is 12.3 Å². The third-order valence-electron chi connectivity index (χ3n) is 2.72. The van der Waals surface area contributed by atoms with Crippen LogP contribution in [0.25, 0.3) is 0 Å². The SMILES string of the molecule is Cc1cccc(CSc2cccc(Cl)c2C(=N)N)c1. The molecule has 0 saturated carbocycles. The van der Waals surface area contributed by atoms with Gasteiger partial charge in [-0.05, 0) is 24.6 Å². The molecule has 4 heteroatoms. The van der Waals surface area contributed by atoms with Gasteiger partial charge in [0.05, 0.1) is 5.02 Å². The maximum Gasteiger partial charge on any atom is 0.125 e. The van der Waals surface area contributed by atoms with E-state index in [-0.39, 0.29) is 5.84 Å². The molecular formula is C15H15ClN2S. The quantitative estimate of drug-likeness (QED) is 0.503. The van der Waals surface area contributed by atoms with Gasteiger partial charge in [0.15, 0.2) is 0 Å². The van der Waals surface area contributed by atoms with Crippen LogP contribution in [0.3, 0.4) is 0 Å². The lowest BCUT2D eigenvalue weighted by Gasteiger charge is -2.10. The van der Waals surface area contributed by atoms with Crippen molar-refractivity contribution < 1.29 is 0 Å². The van der Waals surface area contributed by atoms with Gasteiger partial charge in [-0.3, -0.25) is 5.41 Å². The van der Waals surface area contributed by atoms with E-state index < -0.39 is 0 Å². The third kappa shape index (κ3) is 3.52. The first kappa shape index (κ1) is 14.0. The number of thioether (sulfide) groups is 1. The number of hydrogen-bond donors (Lipinski definition) is 2. The van der Waals surface area contributed by atoms with Crippen LogP contribution in [0.1, 0.15) is 16.7 Å². The van der Waals surface area contributed by atoms with Gasteiger partial charge in [0.2, 0.25) is 0 Å². The predicted octanol–water partition coefficient (Wildman–Crippen LogP) is 4.22. The Hall–Kier alpha value is -1.45. The van der Waals surface area contributed by atoms with Gasteiger partial charge in [-0.15, -0.1) is 11.8 Å². The number of nitrogens with two attached hydrogens (primary N) is 1. The van der Waals surface area contributed by atoms with Crippen molar-refractivity contribution in [3.8, 4) is 0 Å². The smallest absolute Gasteiger partial charge is 0.125 e. The van der Waals surface area contributed by atoms with Gasteiger partial charge >= 0.3 is 0 Å². The summed E-state index contributed by atoms with van der Waals surface area (Å²) in [5, 5.41) is 8.14. The summed E-state index contributed by atoms with van der Waals surface area (Å²) in [6, 6.07) is 14.0. The lowest BCUT2D eigenvalue weighted by molar-refractivity contribution is 1.31. The zero-order valence-electron chi connectivity index (χ0n) is 10.6. The molecule has 0 bridgehead atoms. The van der Waals surface area contributed by atoms with Crippen molar-refractivity contribution in [2.45, 2.75) is 17.6 Å². The van der Waals surface area contributed by atoms with E-state index in [0.29, 0.717) is 10.6 Å². The fraction of sp³-hybridized carbons (Fsp3) is 0.133. The second-order valence-electron chi connectivity index (χ2n) is 4.30. The van der Waals surface area contributed by atoms with Crippen LogP contribution in [0.5, 0.6) is 0 Å². The molecule has 0 aliphatic rings. The molecule has 0 fully saturated rings. The fourth-order valence-corrected chi connectivity index (χ4v) is 3.22. The van der Waals surface area contributed by atoms with Crippen molar-refractivity contribution in [2.24, 2.45) is 5.73 Å². The number of amidine groups is 1. The molecule has 98 valence electrons. The summed E-state index contributed by atoms with van der Waals surface area (Å²) >= 11 is 7.74. The Labute approximate surface area is 122 Å². The highest BCUT2D eigenvalue weighted by atomic mass is 35.5. The van der Waals surface area contributed by atoms with E-state index in [0.717, 1.165) is 10.6 Å². The minimum atomic E-state index is 0.0114. The van der Waals surface area contributed by atoms with Gasteiger partial charge in [0.1, 0.15) is 5.84 Å². The largest absolute Gasteiger partial charge is 0.384 e. The first-order valence-electron chi connectivity index (χ1n) is 5.89. The molecule has 2 aromatic carbocycles. The van der Waals surface area contributed by atoms with Gasteiger partial charge in [-0.1, -0.05) is 47.5 Å². The third-order valence-corrected chi connectivity index (χ3v) is 4.17. The van der Waals surface area contributed by atoms with Crippen LogP contribution in [-0.4, -0.2) is 5.84 Å². The molecule has 3 N–H and O–H groups in total. The van der Waals surface area contributed by atoms with Gasteiger partial charge in [0.25, 0.3) is 0 Å². The van der Waals surface area contributed by atoms with E-state index in [1.165, 1.54) is 11.1 Å². The number of benzene rings is 2. The van der Waals surface area contributed by atoms with E-state index in [1.54, 1.807) is 17.8 Å². The summed E-state index contributed by atoms with van der Waals surface area (Å²) in [4.78, 5) is 0.946. The first-order valence-corrected chi connectivity index (χ1v) is 7.25. The van der Waals surface area contributed by atoms with Crippen molar-refractivity contribution in [3.05, 3.63) is 64.2 Å². The molecule has 2 aromatic rings. The van der Waals surface area contributed by atoms with Crippen molar-refractivity contribution in [3.63, 3.8) is 0 Å². The highest BCUT2D eigenvalue weighted by Crippen LogP contribution is 2.30. The van der Waals surface area contributed by atoms with Crippen molar-refractivity contribution >= 4 is 29.2 Å². The zero-order valence-corrected chi connectivity index (χ0v) is 12.2. The van der Waals surface area contributed by atoms with Gasteiger partial charge in [-0.2, -0.15) is 0 Å². The maximum absolute atomic E-state index is 7.61. The minimum absolute atomic E-state index is 0.0114. The van der Waals surface area contributed by atoms with Gasteiger partial charge < -0.3 is 5.73 Å². The molecule has 0 saturated heterocycles. The van der Waals surface area contributed by atoms with Crippen molar-refractivity contribution in [1.29, 1.82) is 5.41 Å². The van der Waals surface area contributed by atoms with E-state index in [4.69, 9.17) is 22.7 Å². The number of hydrogen-bond acceptors (Lipinski definition) is 2. The van der Waals surface area contributed by atoms with Gasteiger partial charge in [0, 0.05) is 16.2 Å². The standard InChI is InChI=1S/C15H15ClN2S/c1-10-4-2-5-11(8-10)9-19-13-7-3-6-12(16)14(13)15(17)18/h2-8H,9H2,1H3,(H3,17,18). The Bertz CT molecular complexity index is 611. The number of aryl methyl sites for hydroxylation is 1. The molecule has 2 rings (SSSR count). The normalized spacial score (nSPS) is 10.4.